The quantitative estimate of drug-likeness (QED) is 0.608. The molecule has 0 saturated heterocycles. The van der Waals surface area contributed by atoms with Crippen molar-refractivity contribution in [3.05, 3.63) is 48.0 Å². The van der Waals surface area contributed by atoms with E-state index in [1.165, 1.54) is 13.5 Å². The molecule has 0 aromatic heterocycles. The minimum Gasteiger partial charge on any atom is -0.493 e. The van der Waals surface area contributed by atoms with Gasteiger partial charge >= 0.3 is 0 Å². The van der Waals surface area contributed by atoms with Gasteiger partial charge in [-0.05, 0) is 54.8 Å². The fraction of sp³-hybridized carbons (Fsp3) is 0.478. The van der Waals surface area contributed by atoms with Crippen molar-refractivity contribution in [1.29, 1.82) is 0 Å². The molecule has 1 saturated carbocycles. The van der Waals surface area contributed by atoms with Crippen molar-refractivity contribution in [1.82, 2.24) is 0 Å². The minimum absolute atomic E-state index is 0.118. The normalized spacial score (nSPS) is 17.8. The molecule has 2 aromatic rings. The summed E-state index contributed by atoms with van der Waals surface area (Å²) in [4.78, 5) is 1.97. The van der Waals surface area contributed by atoms with Crippen molar-refractivity contribution in [2.45, 2.75) is 44.1 Å². The first kappa shape index (κ1) is 22.7. The second-order valence-electron chi connectivity index (χ2n) is 7.86. The molecule has 1 N–H and O–H groups in total. The number of rotatable bonds is 8. The highest BCUT2D eigenvalue weighted by atomic mass is 31.2. The zero-order valence-corrected chi connectivity index (χ0v) is 19.1. The molecule has 164 valence electrons. The Balaban J connectivity index is 2.00. The van der Waals surface area contributed by atoms with Crippen LogP contribution in [0.3, 0.4) is 0 Å². The Morgan fingerprint density at radius 1 is 0.967 bits per heavy atom. The standard InChI is InChI=1S/C23H32NO5P/c1-24(2)18-11-13-20(14-12-18)30(26,29-19-8-6-5-7-9-19)23(25)17-10-15-21(27-3)22(16-17)28-4/h10-16,19,23,25H,5-9H2,1-4H3/t23-,30+/m1/s1. The molecule has 1 aliphatic rings. The van der Waals surface area contributed by atoms with Crippen LogP contribution in [0.2, 0.25) is 0 Å². The van der Waals surface area contributed by atoms with E-state index in [0.29, 0.717) is 22.4 Å². The largest absolute Gasteiger partial charge is 0.493 e. The summed E-state index contributed by atoms with van der Waals surface area (Å²) in [6.07, 6.45) is 4.87. The minimum atomic E-state index is -3.62. The van der Waals surface area contributed by atoms with Crippen LogP contribution in [-0.4, -0.2) is 39.5 Å². The van der Waals surface area contributed by atoms with Crippen LogP contribution < -0.4 is 19.7 Å². The van der Waals surface area contributed by atoms with E-state index < -0.39 is 13.2 Å². The topological polar surface area (TPSA) is 68.2 Å². The molecule has 2 aromatic carbocycles. The lowest BCUT2D eigenvalue weighted by Crippen LogP contribution is -2.22. The summed E-state index contributed by atoms with van der Waals surface area (Å²) >= 11 is 0. The first-order valence-corrected chi connectivity index (χ1v) is 12.0. The van der Waals surface area contributed by atoms with Gasteiger partial charge in [-0.1, -0.05) is 25.3 Å². The first-order valence-electron chi connectivity index (χ1n) is 10.3. The van der Waals surface area contributed by atoms with Crippen molar-refractivity contribution in [2.75, 3.05) is 33.2 Å². The molecule has 0 amide bonds. The van der Waals surface area contributed by atoms with Gasteiger partial charge in [0.2, 0.25) is 0 Å². The molecule has 1 aliphatic carbocycles. The molecule has 0 spiro atoms. The summed E-state index contributed by atoms with van der Waals surface area (Å²) in [5.74, 6) is -0.280. The molecular weight excluding hydrogens is 401 g/mol. The molecule has 6 nitrogen and oxygen atoms in total. The Morgan fingerprint density at radius 2 is 1.60 bits per heavy atom. The zero-order chi connectivity index (χ0) is 21.7. The van der Waals surface area contributed by atoms with Crippen molar-refractivity contribution >= 4 is 18.4 Å². The molecule has 0 bridgehead atoms. The lowest BCUT2D eigenvalue weighted by Gasteiger charge is -2.31. The molecule has 2 atom stereocenters. The number of nitrogens with zero attached hydrogens (tertiary/aromatic N) is 1. The summed E-state index contributed by atoms with van der Waals surface area (Å²) in [5, 5.41) is 11.8. The Kier molecular flexibility index (Phi) is 7.45. The monoisotopic (exact) mass is 433 g/mol. The number of anilines is 1. The molecule has 7 heteroatoms. The summed E-state index contributed by atoms with van der Waals surface area (Å²) in [6, 6.07) is 12.5. The highest BCUT2D eigenvalue weighted by Crippen LogP contribution is 2.60. The van der Waals surface area contributed by atoms with Crippen LogP contribution >= 0.6 is 7.37 Å². The van der Waals surface area contributed by atoms with E-state index in [4.69, 9.17) is 14.0 Å². The average molecular weight is 433 g/mol. The van der Waals surface area contributed by atoms with Crippen molar-refractivity contribution < 1.29 is 23.7 Å². The number of benzene rings is 2. The fourth-order valence-corrected chi connectivity index (χ4v) is 6.11. The maximum absolute atomic E-state index is 14.3. The van der Waals surface area contributed by atoms with Crippen LogP contribution in [-0.2, 0) is 9.09 Å². The summed E-state index contributed by atoms with van der Waals surface area (Å²) < 4.78 is 31.1. The van der Waals surface area contributed by atoms with Crippen LogP contribution in [0.5, 0.6) is 11.5 Å². The van der Waals surface area contributed by atoms with E-state index in [-0.39, 0.29) is 6.10 Å². The smallest absolute Gasteiger partial charge is 0.264 e. The van der Waals surface area contributed by atoms with Gasteiger partial charge in [0.1, 0.15) is 0 Å². The number of methoxy groups -OCH3 is 2. The van der Waals surface area contributed by atoms with Gasteiger partial charge in [0.15, 0.2) is 17.3 Å². The van der Waals surface area contributed by atoms with Crippen LogP contribution in [0, 0.1) is 0 Å². The van der Waals surface area contributed by atoms with E-state index in [9.17, 15) is 9.67 Å². The molecule has 30 heavy (non-hydrogen) atoms. The van der Waals surface area contributed by atoms with E-state index in [0.717, 1.165) is 31.4 Å². The Morgan fingerprint density at radius 3 is 2.17 bits per heavy atom. The van der Waals surface area contributed by atoms with Crippen LogP contribution in [0.4, 0.5) is 5.69 Å². The van der Waals surface area contributed by atoms with Gasteiger partial charge in [-0.25, -0.2) is 0 Å². The third-order valence-corrected chi connectivity index (χ3v) is 8.18. The summed E-state index contributed by atoms with van der Waals surface area (Å²) in [6.45, 7) is 0. The lowest BCUT2D eigenvalue weighted by atomic mass is 9.98. The van der Waals surface area contributed by atoms with Gasteiger partial charge < -0.3 is 24.0 Å². The van der Waals surface area contributed by atoms with Crippen LogP contribution in [0.1, 0.15) is 43.5 Å². The van der Waals surface area contributed by atoms with Crippen molar-refractivity contribution in [3.8, 4) is 11.5 Å². The number of aliphatic hydroxyl groups excluding tert-OH is 1. The van der Waals surface area contributed by atoms with Crippen LogP contribution in [0.25, 0.3) is 0 Å². The second kappa shape index (κ2) is 9.86. The van der Waals surface area contributed by atoms with Gasteiger partial charge in [0, 0.05) is 25.1 Å². The second-order valence-corrected chi connectivity index (χ2v) is 10.3. The van der Waals surface area contributed by atoms with Gasteiger partial charge in [0.05, 0.1) is 20.3 Å². The number of hydrogen-bond acceptors (Lipinski definition) is 6. The average Bonchev–Trinajstić information content (AvgIpc) is 2.78. The van der Waals surface area contributed by atoms with Gasteiger partial charge in [-0.15, -0.1) is 0 Å². The highest BCUT2D eigenvalue weighted by Gasteiger charge is 2.39. The maximum atomic E-state index is 14.3. The first-order chi connectivity index (χ1) is 14.4. The Bertz CT molecular complexity index is 878. The number of aliphatic hydroxyl groups is 1. The maximum Gasteiger partial charge on any atom is 0.264 e. The number of ether oxygens (including phenoxy) is 2. The molecular formula is C23H32NO5P. The Labute approximate surface area is 179 Å². The zero-order valence-electron chi connectivity index (χ0n) is 18.2. The fourth-order valence-electron chi connectivity index (χ4n) is 3.82. The van der Waals surface area contributed by atoms with Gasteiger partial charge in [-0.3, -0.25) is 4.57 Å². The van der Waals surface area contributed by atoms with Gasteiger partial charge in [0.25, 0.3) is 7.37 Å². The highest BCUT2D eigenvalue weighted by molar-refractivity contribution is 7.67. The molecule has 1 fully saturated rings. The third-order valence-electron chi connectivity index (χ3n) is 5.61. The van der Waals surface area contributed by atoms with E-state index >= 15 is 0 Å². The molecule has 0 heterocycles. The third kappa shape index (κ3) is 4.83. The Hall–Kier alpha value is -2.01. The molecule has 3 rings (SSSR count). The summed E-state index contributed by atoms with van der Waals surface area (Å²) in [7, 11) is 3.37. The predicted octanol–water partition coefficient (Wildman–Crippen LogP) is 4.71. The molecule has 0 radical (unpaired) electrons. The van der Waals surface area contributed by atoms with Crippen LogP contribution in [0.15, 0.2) is 42.5 Å². The molecule has 0 aliphatic heterocycles. The lowest BCUT2D eigenvalue weighted by molar-refractivity contribution is 0.137. The van der Waals surface area contributed by atoms with Crippen molar-refractivity contribution in [3.63, 3.8) is 0 Å². The van der Waals surface area contributed by atoms with E-state index in [1.807, 2.05) is 31.1 Å². The van der Waals surface area contributed by atoms with Crippen molar-refractivity contribution in [2.24, 2.45) is 0 Å². The SMILES string of the molecule is COc1ccc([C@H](O)[P@@](=O)(OC2CCCCC2)c2ccc(N(C)C)cc2)cc1OC. The number of hydrogen-bond donors (Lipinski definition) is 1. The molecule has 0 unspecified atom stereocenters. The predicted molar refractivity (Wildman–Crippen MR) is 120 cm³/mol. The van der Waals surface area contributed by atoms with E-state index in [2.05, 4.69) is 0 Å². The summed E-state index contributed by atoms with van der Waals surface area (Å²) in [5.41, 5.74) is 1.46. The van der Waals surface area contributed by atoms with E-state index in [1.54, 1.807) is 37.4 Å². The van der Waals surface area contributed by atoms with Gasteiger partial charge in [-0.2, -0.15) is 0 Å².